The number of nitrogens with two attached hydrogens (primary N) is 1. The first kappa shape index (κ1) is 15.0. The third-order valence-electron chi connectivity index (χ3n) is 4.78. The minimum Gasteiger partial charge on any atom is -0.297 e. The van der Waals surface area contributed by atoms with Crippen molar-refractivity contribution >= 4 is 16.3 Å². The number of nitrogens with zero attached hydrogens (tertiary/aromatic N) is 3. The summed E-state index contributed by atoms with van der Waals surface area (Å²) in [6.45, 7) is 6.93. The van der Waals surface area contributed by atoms with E-state index in [1.54, 1.807) is 11.3 Å². The zero-order valence-corrected chi connectivity index (χ0v) is 13.7. The summed E-state index contributed by atoms with van der Waals surface area (Å²) in [6.07, 6.45) is 8.96. The summed E-state index contributed by atoms with van der Waals surface area (Å²) in [6, 6.07) is 0.195. The number of nitrogens with one attached hydrogen (secondary N) is 1. The Bertz CT molecular complexity index is 553. The maximum atomic E-state index is 5.87. The predicted molar refractivity (Wildman–Crippen MR) is 87.4 cm³/mol. The lowest BCUT2D eigenvalue weighted by Crippen LogP contribution is -2.61. The minimum absolute atomic E-state index is 0.0339. The van der Waals surface area contributed by atoms with Gasteiger partial charge in [0.15, 0.2) is 4.96 Å². The van der Waals surface area contributed by atoms with Gasteiger partial charge in [-0.05, 0) is 39.8 Å². The molecule has 3 N–H and O–H groups in total. The second-order valence-corrected chi connectivity index (χ2v) is 7.32. The van der Waals surface area contributed by atoms with E-state index in [1.807, 2.05) is 0 Å². The molecule has 116 valence electrons. The Morgan fingerprint density at radius 1 is 1.38 bits per heavy atom. The number of likely N-dealkylation sites (tertiary alicyclic amines) is 1. The van der Waals surface area contributed by atoms with Gasteiger partial charge in [0.2, 0.25) is 0 Å². The Morgan fingerprint density at radius 2 is 2.14 bits per heavy atom. The smallest absolute Gasteiger partial charge is 0.193 e. The van der Waals surface area contributed by atoms with Crippen LogP contribution < -0.4 is 11.3 Å². The molecule has 21 heavy (non-hydrogen) atoms. The zero-order valence-electron chi connectivity index (χ0n) is 12.9. The molecule has 5 nitrogen and oxygen atoms in total. The second-order valence-electron chi connectivity index (χ2n) is 6.45. The maximum absolute atomic E-state index is 5.87. The highest BCUT2D eigenvalue weighted by Gasteiger charge is 2.35. The van der Waals surface area contributed by atoms with E-state index in [1.165, 1.54) is 32.4 Å². The number of imidazole rings is 1. The standard InChI is InChI=1S/C15H25N5S/c1-15(2,20-6-4-3-5-7-20)13(18-16)10-12-11-19-8-9-21-14(19)17-12/h8-9,11,13,18H,3-7,10,16H2,1-2H3. The number of hydrogen-bond acceptors (Lipinski definition) is 5. The topological polar surface area (TPSA) is 58.6 Å². The summed E-state index contributed by atoms with van der Waals surface area (Å²) in [5.41, 5.74) is 4.18. The zero-order chi connectivity index (χ0) is 14.9. The molecule has 3 heterocycles. The van der Waals surface area contributed by atoms with Crippen molar-refractivity contribution in [1.29, 1.82) is 0 Å². The number of aromatic nitrogens is 2. The molecule has 0 bridgehead atoms. The van der Waals surface area contributed by atoms with E-state index in [4.69, 9.17) is 5.84 Å². The van der Waals surface area contributed by atoms with Crippen LogP contribution in [0.2, 0.25) is 0 Å². The first-order valence-corrected chi connectivity index (χ1v) is 8.61. The van der Waals surface area contributed by atoms with Gasteiger partial charge < -0.3 is 0 Å². The molecule has 1 unspecified atom stereocenters. The number of piperidine rings is 1. The van der Waals surface area contributed by atoms with Crippen molar-refractivity contribution in [3.05, 3.63) is 23.5 Å². The number of thiazole rings is 1. The van der Waals surface area contributed by atoms with Gasteiger partial charge >= 0.3 is 0 Å². The summed E-state index contributed by atoms with van der Waals surface area (Å²) in [5.74, 6) is 5.87. The molecule has 0 spiro atoms. The van der Waals surface area contributed by atoms with E-state index in [2.05, 4.69) is 51.3 Å². The number of fused-ring (bicyclic) bond motifs is 1. The van der Waals surface area contributed by atoms with E-state index in [0.29, 0.717) is 0 Å². The highest BCUT2D eigenvalue weighted by atomic mass is 32.1. The fourth-order valence-electron chi connectivity index (χ4n) is 3.29. The molecular weight excluding hydrogens is 282 g/mol. The van der Waals surface area contributed by atoms with E-state index >= 15 is 0 Å². The number of hydrogen-bond donors (Lipinski definition) is 2. The lowest BCUT2D eigenvalue weighted by atomic mass is 9.88. The molecule has 1 fully saturated rings. The molecule has 0 saturated carbocycles. The summed E-state index contributed by atoms with van der Waals surface area (Å²) < 4.78 is 2.08. The molecule has 1 aliphatic rings. The van der Waals surface area contributed by atoms with Crippen LogP contribution in [0.25, 0.3) is 4.96 Å². The Labute approximate surface area is 130 Å². The first-order chi connectivity index (χ1) is 10.1. The van der Waals surface area contributed by atoms with Crippen LogP contribution in [0.5, 0.6) is 0 Å². The maximum Gasteiger partial charge on any atom is 0.193 e. The van der Waals surface area contributed by atoms with Crippen LogP contribution in [0.4, 0.5) is 0 Å². The van der Waals surface area contributed by atoms with E-state index < -0.39 is 0 Å². The fraction of sp³-hybridized carbons (Fsp3) is 0.667. The Balaban J connectivity index is 1.75. The van der Waals surface area contributed by atoms with Crippen LogP contribution in [-0.2, 0) is 6.42 Å². The Hall–Kier alpha value is -0.950. The molecular formula is C15H25N5S. The predicted octanol–water partition coefficient (Wildman–Crippen LogP) is 2.03. The van der Waals surface area contributed by atoms with Gasteiger partial charge in [-0.25, -0.2) is 4.98 Å². The molecule has 6 heteroatoms. The van der Waals surface area contributed by atoms with Crippen molar-refractivity contribution in [2.45, 2.75) is 51.1 Å². The average molecular weight is 307 g/mol. The lowest BCUT2D eigenvalue weighted by molar-refractivity contribution is 0.0608. The van der Waals surface area contributed by atoms with Crippen LogP contribution in [0.1, 0.15) is 38.8 Å². The summed E-state index contributed by atoms with van der Waals surface area (Å²) >= 11 is 1.67. The van der Waals surface area contributed by atoms with Gasteiger partial charge in [0.05, 0.1) is 5.69 Å². The molecule has 2 aromatic rings. The monoisotopic (exact) mass is 307 g/mol. The molecule has 0 aliphatic carbocycles. The van der Waals surface area contributed by atoms with Gasteiger partial charge in [-0.3, -0.25) is 20.6 Å². The lowest BCUT2D eigenvalue weighted by Gasteiger charge is -2.45. The summed E-state index contributed by atoms with van der Waals surface area (Å²) in [4.78, 5) is 8.31. The normalized spacial score (nSPS) is 19.2. The Morgan fingerprint density at radius 3 is 2.81 bits per heavy atom. The number of hydrazine groups is 1. The van der Waals surface area contributed by atoms with Gasteiger partial charge in [-0.2, -0.15) is 0 Å². The van der Waals surface area contributed by atoms with Crippen LogP contribution in [0, 0.1) is 0 Å². The summed E-state index contributed by atoms with van der Waals surface area (Å²) in [5, 5.41) is 2.06. The van der Waals surface area contributed by atoms with Crippen molar-refractivity contribution in [2.24, 2.45) is 5.84 Å². The van der Waals surface area contributed by atoms with Crippen molar-refractivity contribution in [3.63, 3.8) is 0 Å². The first-order valence-electron chi connectivity index (χ1n) is 7.73. The Kier molecular flexibility index (Phi) is 4.31. The van der Waals surface area contributed by atoms with Gasteiger partial charge in [-0.15, -0.1) is 11.3 Å². The van der Waals surface area contributed by atoms with Crippen molar-refractivity contribution < 1.29 is 0 Å². The van der Waals surface area contributed by atoms with E-state index in [9.17, 15) is 0 Å². The molecule has 3 rings (SSSR count). The van der Waals surface area contributed by atoms with Gasteiger partial charge in [0.25, 0.3) is 0 Å². The number of rotatable bonds is 5. The van der Waals surface area contributed by atoms with E-state index in [0.717, 1.165) is 17.1 Å². The SMILES string of the molecule is CC(C)(C(Cc1cn2ccsc2n1)NN)N1CCCCC1. The van der Waals surface area contributed by atoms with Gasteiger partial charge in [0, 0.05) is 35.8 Å². The molecule has 0 radical (unpaired) electrons. The third kappa shape index (κ3) is 2.99. The largest absolute Gasteiger partial charge is 0.297 e. The highest BCUT2D eigenvalue weighted by molar-refractivity contribution is 7.15. The van der Waals surface area contributed by atoms with E-state index in [-0.39, 0.29) is 11.6 Å². The molecule has 1 atom stereocenters. The van der Waals surface area contributed by atoms with Gasteiger partial charge in [0.1, 0.15) is 0 Å². The molecule has 0 aromatic carbocycles. The van der Waals surface area contributed by atoms with Crippen LogP contribution >= 0.6 is 11.3 Å². The molecule has 2 aromatic heterocycles. The van der Waals surface area contributed by atoms with Crippen molar-refractivity contribution in [1.82, 2.24) is 19.7 Å². The van der Waals surface area contributed by atoms with Gasteiger partial charge in [-0.1, -0.05) is 6.42 Å². The van der Waals surface area contributed by atoms with Crippen LogP contribution in [-0.4, -0.2) is 39.0 Å². The van der Waals surface area contributed by atoms with Crippen LogP contribution in [0.3, 0.4) is 0 Å². The average Bonchev–Trinajstić information content (AvgIpc) is 3.06. The molecule has 1 aliphatic heterocycles. The van der Waals surface area contributed by atoms with Crippen molar-refractivity contribution in [3.8, 4) is 0 Å². The van der Waals surface area contributed by atoms with Crippen LogP contribution in [0.15, 0.2) is 17.8 Å². The molecule has 0 amide bonds. The second kappa shape index (κ2) is 6.04. The minimum atomic E-state index is 0.0339. The fourth-order valence-corrected chi connectivity index (χ4v) is 4.01. The third-order valence-corrected chi connectivity index (χ3v) is 5.55. The quantitative estimate of drug-likeness (QED) is 0.655. The molecule has 1 saturated heterocycles. The highest BCUT2D eigenvalue weighted by Crippen LogP contribution is 2.25. The van der Waals surface area contributed by atoms with Crippen molar-refractivity contribution in [2.75, 3.05) is 13.1 Å². The summed E-state index contributed by atoms with van der Waals surface area (Å²) in [7, 11) is 0.